The molecular formula is C14H18N4O4S. The highest BCUT2D eigenvalue weighted by atomic mass is 32.2. The minimum atomic E-state index is -3.59. The van der Waals surface area contributed by atoms with Gasteiger partial charge < -0.3 is 15.0 Å². The van der Waals surface area contributed by atoms with Crippen LogP contribution in [0.5, 0.6) is 5.75 Å². The minimum absolute atomic E-state index is 0.0111. The Morgan fingerprint density at radius 1 is 1.35 bits per heavy atom. The maximum Gasteiger partial charge on any atom is 0.259 e. The molecule has 23 heavy (non-hydrogen) atoms. The van der Waals surface area contributed by atoms with E-state index in [1.54, 1.807) is 35.9 Å². The van der Waals surface area contributed by atoms with Crippen molar-refractivity contribution in [3.8, 4) is 5.75 Å². The van der Waals surface area contributed by atoms with Crippen molar-refractivity contribution in [2.24, 2.45) is 12.8 Å². The van der Waals surface area contributed by atoms with Gasteiger partial charge in [-0.25, -0.2) is 18.1 Å². The highest BCUT2D eigenvalue weighted by Gasteiger charge is 2.15. The van der Waals surface area contributed by atoms with Gasteiger partial charge in [-0.2, -0.15) is 0 Å². The molecule has 0 fully saturated rings. The van der Waals surface area contributed by atoms with E-state index in [1.165, 1.54) is 12.5 Å². The first-order chi connectivity index (χ1) is 10.9. The molecule has 1 aromatic carbocycles. The van der Waals surface area contributed by atoms with Crippen molar-refractivity contribution in [2.75, 3.05) is 13.2 Å². The second-order valence-corrected chi connectivity index (χ2v) is 6.58. The molecule has 124 valence electrons. The SMILES string of the molecule is Cn1cnc(S(=O)(=O)NCCCOc2ccc(C(N)=O)cc2)c1. The predicted molar refractivity (Wildman–Crippen MR) is 83.5 cm³/mol. The third-order valence-electron chi connectivity index (χ3n) is 2.98. The lowest BCUT2D eigenvalue weighted by Crippen LogP contribution is -2.26. The topological polar surface area (TPSA) is 116 Å². The Kier molecular flexibility index (Phi) is 5.35. The van der Waals surface area contributed by atoms with E-state index in [4.69, 9.17) is 10.5 Å². The molecule has 0 aliphatic heterocycles. The number of hydrogen-bond acceptors (Lipinski definition) is 5. The predicted octanol–water partition coefficient (Wildman–Crippen LogP) is 0.266. The van der Waals surface area contributed by atoms with Crippen molar-refractivity contribution in [3.63, 3.8) is 0 Å². The summed E-state index contributed by atoms with van der Waals surface area (Å²) in [6.45, 7) is 0.568. The highest BCUT2D eigenvalue weighted by molar-refractivity contribution is 7.89. The number of imidazole rings is 1. The standard InChI is InChI=1S/C14H18N4O4S/c1-18-9-13(16-10-18)23(20,21)17-7-2-8-22-12-5-3-11(4-6-12)14(15)19/h3-6,9-10,17H,2,7-8H2,1H3,(H2,15,19). The Hall–Kier alpha value is -2.39. The van der Waals surface area contributed by atoms with Crippen molar-refractivity contribution in [2.45, 2.75) is 11.4 Å². The second kappa shape index (κ2) is 7.25. The number of primary amides is 1. The number of carbonyl (C=O) groups is 1. The van der Waals surface area contributed by atoms with Gasteiger partial charge in [0.15, 0.2) is 5.03 Å². The molecular weight excluding hydrogens is 320 g/mol. The molecule has 0 aliphatic rings. The summed E-state index contributed by atoms with van der Waals surface area (Å²) in [6, 6.07) is 6.42. The Labute approximate surface area is 134 Å². The number of nitrogens with two attached hydrogens (primary N) is 1. The van der Waals surface area contributed by atoms with Crippen molar-refractivity contribution >= 4 is 15.9 Å². The quantitative estimate of drug-likeness (QED) is 0.670. The smallest absolute Gasteiger partial charge is 0.259 e. The van der Waals surface area contributed by atoms with Crippen LogP contribution >= 0.6 is 0 Å². The first-order valence-corrected chi connectivity index (χ1v) is 8.37. The number of benzene rings is 1. The molecule has 3 N–H and O–H groups in total. The molecule has 1 amide bonds. The number of carbonyl (C=O) groups excluding carboxylic acids is 1. The lowest BCUT2D eigenvalue weighted by Gasteiger charge is -2.07. The third kappa shape index (κ3) is 4.80. The molecule has 0 saturated heterocycles. The maximum absolute atomic E-state index is 11.9. The fourth-order valence-corrected chi connectivity index (χ4v) is 2.84. The zero-order valence-electron chi connectivity index (χ0n) is 12.6. The van der Waals surface area contributed by atoms with Crippen molar-refractivity contribution in [1.29, 1.82) is 0 Å². The van der Waals surface area contributed by atoms with Gasteiger partial charge in [-0.15, -0.1) is 0 Å². The Bertz CT molecular complexity index is 768. The normalized spacial score (nSPS) is 11.3. The van der Waals surface area contributed by atoms with Crippen LogP contribution in [-0.2, 0) is 17.1 Å². The van der Waals surface area contributed by atoms with Gasteiger partial charge >= 0.3 is 0 Å². The summed E-state index contributed by atoms with van der Waals surface area (Å²) < 4.78 is 33.3. The molecule has 0 spiro atoms. The van der Waals surface area contributed by atoms with Crippen LogP contribution in [0.4, 0.5) is 0 Å². The van der Waals surface area contributed by atoms with E-state index in [2.05, 4.69) is 9.71 Å². The lowest BCUT2D eigenvalue weighted by molar-refractivity contribution is 0.1000. The first kappa shape index (κ1) is 17.0. The molecule has 2 rings (SSSR count). The van der Waals surface area contributed by atoms with E-state index in [9.17, 15) is 13.2 Å². The number of sulfonamides is 1. The summed E-state index contributed by atoms with van der Waals surface area (Å²) in [6.07, 6.45) is 3.34. The van der Waals surface area contributed by atoms with Crippen molar-refractivity contribution in [1.82, 2.24) is 14.3 Å². The number of rotatable bonds is 8. The van der Waals surface area contributed by atoms with Gasteiger partial charge in [-0.05, 0) is 30.7 Å². The molecule has 0 aliphatic carbocycles. The summed E-state index contributed by atoms with van der Waals surface area (Å²) in [7, 11) is -1.89. The van der Waals surface area contributed by atoms with Crippen LogP contribution in [0.25, 0.3) is 0 Å². The average molecular weight is 338 g/mol. The molecule has 0 saturated carbocycles. The largest absolute Gasteiger partial charge is 0.494 e. The van der Waals surface area contributed by atoms with Crippen LogP contribution in [0, 0.1) is 0 Å². The number of aryl methyl sites for hydroxylation is 1. The van der Waals surface area contributed by atoms with Gasteiger partial charge in [0.2, 0.25) is 5.91 Å². The van der Waals surface area contributed by atoms with Crippen molar-refractivity contribution in [3.05, 3.63) is 42.4 Å². The van der Waals surface area contributed by atoms with Gasteiger partial charge in [-0.1, -0.05) is 0 Å². The van der Waals surface area contributed by atoms with Crippen molar-refractivity contribution < 1.29 is 17.9 Å². The molecule has 0 bridgehead atoms. The first-order valence-electron chi connectivity index (χ1n) is 6.89. The molecule has 0 radical (unpaired) electrons. The van der Waals surface area contributed by atoms with E-state index >= 15 is 0 Å². The van der Waals surface area contributed by atoms with Gasteiger partial charge in [0.1, 0.15) is 5.75 Å². The highest BCUT2D eigenvalue weighted by Crippen LogP contribution is 2.12. The molecule has 9 heteroatoms. The van der Waals surface area contributed by atoms with Crippen LogP contribution in [0.2, 0.25) is 0 Å². The van der Waals surface area contributed by atoms with Crippen LogP contribution in [-0.4, -0.2) is 37.0 Å². The fourth-order valence-electron chi connectivity index (χ4n) is 1.79. The molecule has 2 aromatic rings. The lowest BCUT2D eigenvalue weighted by atomic mass is 10.2. The van der Waals surface area contributed by atoms with E-state index in [0.717, 1.165) is 0 Å². The van der Waals surface area contributed by atoms with Gasteiger partial charge in [-0.3, -0.25) is 4.79 Å². The number of aromatic nitrogens is 2. The molecule has 1 heterocycles. The Morgan fingerprint density at radius 2 is 2.04 bits per heavy atom. The second-order valence-electron chi connectivity index (χ2n) is 4.87. The fraction of sp³-hybridized carbons (Fsp3) is 0.286. The number of hydrogen-bond donors (Lipinski definition) is 2. The number of nitrogens with zero attached hydrogens (tertiary/aromatic N) is 2. The number of nitrogens with one attached hydrogen (secondary N) is 1. The molecule has 8 nitrogen and oxygen atoms in total. The van der Waals surface area contributed by atoms with E-state index in [0.29, 0.717) is 24.3 Å². The number of amides is 1. The third-order valence-corrected chi connectivity index (χ3v) is 4.32. The summed E-state index contributed by atoms with van der Waals surface area (Å²) in [4.78, 5) is 14.7. The zero-order chi connectivity index (χ0) is 16.9. The summed E-state index contributed by atoms with van der Waals surface area (Å²) >= 11 is 0. The van der Waals surface area contributed by atoms with E-state index in [1.807, 2.05) is 0 Å². The Morgan fingerprint density at radius 3 is 2.61 bits per heavy atom. The maximum atomic E-state index is 11.9. The molecule has 1 aromatic heterocycles. The zero-order valence-corrected chi connectivity index (χ0v) is 13.4. The van der Waals surface area contributed by atoms with Gasteiger partial charge in [0.25, 0.3) is 10.0 Å². The Balaban J connectivity index is 1.74. The number of ether oxygens (including phenoxy) is 1. The average Bonchev–Trinajstić information content (AvgIpc) is 2.95. The van der Waals surface area contributed by atoms with Gasteiger partial charge in [0, 0.05) is 25.4 Å². The monoisotopic (exact) mass is 338 g/mol. The minimum Gasteiger partial charge on any atom is -0.494 e. The van der Waals surface area contributed by atoms with E-state index < -0.39 is 15.9 Å². The summed E-state index contributed by atoms with van der Waals surface area (Å²) in [5, 5.41) is -0.0111. The van der Waals surface area contributed by atoms with Crippen LogP contribution < -0.4 is 15.2 Å². The van der Waals surface area contributed by atoms with E-state index in [-0.39, 0.29) is 11.6 Å². The van der Waals surface area contributed by atoms with Crippen LogP contribution in [0.15, 0.2) is 41.8 Å². The van der Waals surface area contributed by atoms with Crippen LogP contribution in [0.3, 0.4) is 0 Å². The molecule has 0 unspecified atom stereocenters. The van der Waals surface area contributed by atoms with Gasteiger partial charge in [0.05, 0.1) is 12.9 Å². The summed E-state index contributed by atoms with van der Waals surface area (Å²) in [5.74, 6) is 0.0862. The summed E-state index contributed by atoms with van der Waals surface area (Å²) in [5.41, 5.74) is 5.55. The molecule has 0 atom stereocenters. The van der Waals surface area contributed by atoms with Crippen LogP contribution in [0.1, 0.15) is 16.8 Å².